The molecule has 0 saturated carbocycles. The summed E-state index contributed by atoms with van der Waals surface area (Å²) < 4.78 is 14.3. The lowest BCUT2D eigenvalue weighted by Gasteiger charge is -2.37. The molecular weight excluding hydrogens is 289 g/mol. The minimum absolute atomic E-state index is 0.0548. The van der Waals surface area contributed by atoms with Gasteiger partial charge in [0.25, 0.3) is 0 Å². The third-order valence-electron chi connectivity index (χ3n) is 4.30. The van der Waals surface area contributed by atoms with E-state index >= 15 is 0 Å². The number of hydrogen-bond donors (Lipinski definition) is 1. The van der Waals surface area contributed by atoms with Crippen LogP contribution in [0.15, 0.2) is 41.1 Å². The zero-order valence-corrected chi connectivity index (χ0v) is 15.8. The Morgan fingerprint density at radius 2 is 1.73 bits per heavy atom. The minimum atomic E-state index is -1.87. The molecule has 2 rings (SSSR count). The Kier molecular flexibility index (Phi) is 4.51. The minimum Gasteiger partial charge on any atom is -0.329 e. The normalized spacial score (nSPS) is 19.6. The van der Waals surface area contributed by atoms with Crippen LogP contribution in [0.2, 0.25) is 13.1 Å². The molecule has 0 aliphatic heterocycles. The first-order valence-corrected chi connectivity index (χ1v) is 11.0. The topological polar surface area (TPSA) is 12.0 Å². The van der Waals surface area contributed by atoms with Crippen LogP contribution < -0.4 is 4.98 Å². The summed E-state index contributed by atoms with van der Waals surface area (Å²) in [5.41, 5.74) is 3.21. The lowest BCUT2D eigenvalue weighted by Crippen LogP contribution is -2.56. The zero-order chi connectivity index (χ0) is 16.7. The van der Waals surface area contributed by atoms with Gasteiger partial charge in [-0.05, 0) is 45.3 Å². The standard InChI is InChI=1S/C19H28FNSi/c1-13-12-16(15-10-8-9-11-17(15)20)18(14(13)2)22(6,7)21-19(3,4)5/h8-12,14,21H,1-7H3. The van der Waals surface area contributed by atoms with Gasteiger partial charge in [0.05, 0.1) is 0 Å². The Labute approximate surface area is 135 Å². The van der Waals surface area contributed by atoms with E-state index in [1.54, 1.807) is 12.1 Å². The van der Waals surface area contributed by atoms with Crippen molar-refractivity contribution in [3.05, 3.63) is 52.5 Å². The fraction of sp³-hybridized carbons (Fsp3) is 0.474. The van der Waals surface area contributed by atoms with E-state index in [-0.39, 0.29) is 11.4 Å². The number of benzene rings is 1. The Morgan fingerprint density at radius 3 is 2.27 bits per heavy atom. The summed E-state index contributed by atoms with van der Waals surface area (Å²) in [5, 5.41) is 1.41. The quantitative estimate of drug-likeness (QED) is 0.745. The molecule has 1 nitrogen and oxygen atoms in total. The molecule has 1 aliphatic carbocycles. The van der Waals surface area contributed by atoms with Crippen molar-refractivity contribution in [1.82, 2.24) is 4.98 Å². The van der Waals surface area contributed by atoms with Crippen molar-refractivity contribution in [3.63, 3.8) is 0 Å². The summed E-state index contributed by atoms with van der Waals surface area (Å²) in [6, 6.07) is 7.12. The number of hydrogen-bond acceptors (Lipinski definition) is 1. The molecule has 1 aliphatic rings. The Balaban J connectivity index is 2.59. The van der Waals surface area contributed by atoms with Gasteiger partial charge in [0.1, 0.15) is 14.1 Å². The van der Waals surface area contributed by atoms with Gasteiger partial charge in [-0.1, -0.05) is 55.1 Å². The summed E-state index contributed by atoms with van der Waals surface area (Å²) in [6.07, 6.45) is 2.18. The average molecular weight is 318 g/mol. The molecule has 0 amide bonds. The predicted octanol–water partition coefficient (Wildman–Crippen LogP) is 5.31. The van der Waals surface area contributed by atoms with E-state index in [4.69, 9.17) is 0 Å². The number of rotatable bonds is 3. The van der Waals surface area contributed by atoms with Crippen LogP contribution in [-0.4, -0.2) is 13.8 Å². The molecule has 22 heavy (non-hydrogen) atoms. The predicted molar refractivity (Wildman–Crippen MR) is 96.6 cm³/mol. The molecule has 1 aromatic carbocycles. The zero-order valence-electron chi connectivity index (χ0n) is 14.8. The maximum atomic E-state index is 14.3. The Morgan fingerprint density at radius 1 is 1.14 bits per heavy atom. The maximum Gasteiger partial charge on any atom is 0.149 e. The van der Waals surface area contributed by atoms with Crippen LogP contribution in [-0.2, 0) is 0 Å². The molecule has 1 aromatic rings. The first-order chi connectivity index (χ1) is 10.0. The summed E-state index contributed by atoms with van der Waals surface area (Å²) in [5.74, 6) is 0.250. The van der Waals surface area contributed by atoms with Gasteiger partial charge in [0, 0.05) is 11.1 Å². The molecule has 0 fully saturated rings. The molecule has 3 heteroatoms. The van der Waals surface area contributed by atoms with Crippen molar-refractivity contribution in [3.8, 4) is 0 Å². The molecule has 120 valence electrons. The van der Waals surface area contributed by atoms with Crippen LogP contribution in [0.1, 0.15) is 40.2 Å². The van der Waals surface area contributed by atoms with Crippen molar-refractivity contribution in [2.24, 2.45) is 5.92 Å². The molecule has 0 aromatic heterocycles. The highest BCUT2D eigenvalue weighted by molar-refractivity contribution is 6.83. The third-order valence-corrected chi connectivity index (χ3v) is 7.73. The van der Waals surface area contributed by atoms with E-state index in [0.29, 0.717) is 5.92 Å². The number of allylic oxidation sites excluding steroid dienone is 4. The van der Waals surface area contributed by atoms with Crippen molar-refractivity contribution in [2.45, 2.75) is 53.3 Å². The van der Waals surface area contributed by atoms with Gasteiger partial charge in [-0.15, -0.1) is 0 Å². The highest BCUT2D eigenvalue weighted by Crippen LogP contribution is 2.41. The summed E-state index contributed by atoms with van der Waals surface area (Å²) >= 11 is 0. The van der Waals surface area contributed by atoms with Crippen LogP contribution >= 0.6 is 0 Å². The molecule has 1 atom stereocenters. The summed E-state index contributed by atoms with van der Waals surface area (Å²) in [7, 11) is -1.87. The van der Waals surface area contributed by atoms with Gasteiger partial charge < -0.3 is 4.98 Å². The van der Waals surface area contributed by atoms with Crippen LogP contribution in [0.25, 0.3) is 5.57 Å². The second kappa shape index (κ2) is 5.78. The SMILES string of the molecule is CC1=CC(c2ccccc2F)=C([Si](C)(C)NC(C)(C)C)C1C. The molecule has 0 radical (unpaired) electrons. The van der Waals surface area contributed by atoms with Crippen LogP contribution in [0.3, 0.4) is 0 Å². The molecule has 0 bridgehead atoms. The van der Waals surface area contributed by atoms with Crippen LogP contribution in [0.4, 0.5) is 4.39 Å². The van der Waals surface area contributed by atoms with Gasteiger partial charge in [-0.25, -0.2) is 4.39 Å². The van der Waals surface area contributed by atoms with E-state index in [1.807, 2.05) is 12.1 Å². The van der Waals surface area contributed by atoms with Gasteiger partial charge >= 0.3 is 0 Å². The average Bonchev–Trinajstić information content (AvgIpc) is 2.64. The van der Waals surface area contributed by atoms with E-state index in [1.165, 1.54) is 10.8 Å². The molecule has 0 saturated heterocycles. The smallest absolute Gasteiger partial charge is 0.149 e. The van der Waals surface area contributed by atoms with E-state index in [2.05, 4.69) is 58.8 Å². The lowest BCUT2D eigenvalue weighted by molar-refractivity contribution is 0.512. The van der Waals surface area contributed by atoms with E-state index in [0.717, 1.165) is 11.1 Å². The highest BCUT2D eigenvalue weighted by atomic mass is 28.3. The summed E-state index contributed by atoms with van der Waals surface area (Å²) in [6.45, 7) is 15.7. The van der Waals surface area contributed by atoms with Crippen LogP contribution in [0.5, 0.6) is 0 Å². The van der Waals surface area contributed by atoms with E-state index in [9.17, 15) is 4.39 Å². The van der Waals surface area contributed by atoms with Gasteiger partial charge in [-0.2, -0.15) is 0 Å². The van der Waals surface area contributed by atoms with Crippen molar-refractivity contribution in [2.75, 3.05) is 0 Å². The Hall–Kier alpha value is -1.19. The van der Waals surface area contributed by atoms with Crippen molar-refractivity contribution in [1.29, 1.82) is 0 Å². The van der Waals surface area contributed by atoms with Crippen LogP contribution in [0, 0.1) is 11.7 Å². The largest absolute Gasteiger partial charge is 0.329 e. The molecule has 1 N–H and O–H groups in total. The molecule has 1 unspecified atom stereocenters. The van der Waals surface area contributed by atoms with Gasteiger partial charge in [0.15, 0.2) is 0 Å². The number of halogens is 1. The monoisotopic (exact) mass is 317 g/mol. The highest BCUT2D eigenvalue weighted by Gasteiger charge is 2.38. The Bertz CT molecular complexity index is 635. The fourth-order valence-electron chi connectivity index (χ4n) is 3.68. The number of nitrogens with one attached hydrogen (secondary N) is 1. The third kappa shape index (κ3) is 3.41. The maximum absolute atomic E-state index is 14.3. The second-order valence-corrected chi connectivity index (χ2v) is 12.0. The summed E-state index contributed by atoms with van der Waals surface area (Å²) in [4.78, 5) is 3.83. The van der Waals surface area contributed by atoms with Gasteiger partial charge in [0.2, 0.25) is 0 Å². The second-order valence-electron chi connectivity index (χ2n) is 7.92. The van der Waals surface area contributed by atoms with E-state index < -0.39 is 8.24 Å². The first-order valence-electron chi connectivity index (χ1n) is 8.00. The first kappa shape index (κ1) is 17.2. The molecular formula is C19H28FNSi. The molecule has 0 spiro atoms. The lowest BCUT2D eigenvalue weighted by atomic mass is 10.1. The molecule has 0 heterocycles. The van der Waals surface area contributed by atoms with Crippen molar-refractivity contribution >= 4 is 13.8 Å². The fourth-order valence-corrected chi connectivity index (χ4v) is 7.88. The van der Waals surface area contributed by atoms with Gasteiger partial charge in [-0.3, -0.25) is 0 Å². The van der Waals surface area contributed by atoms with Crippen molar-refractivity contribution < 1.29 is 4.39 Å².